The highest BCUT2D eigenvalue weighted by Gasteiger charge is 2.11. The van der Waals surface area contributed by atoms with E-state index in [-0.39, 0.29) is 0 Å². The third kappa shape index (κ3) is 3.17. The molecule has 0 unspecified atom stereocenters. The number of methoxy groups -OCH3 is 1. The summed E-state index contributed by atoms with van der Waals surface area (Å²) in [5.74, 6) is 0.558. The molecular formula is C10H7BrCl2N2OS. The average Bonchev–Trinajstić information content (AvgIpc) is 2.59. The maximum Gasteiger partial charge on any atom is 0.171 e. The van der Waals surface area contributed by atoms with Crippen molar-refractivity contribution in [2.24, 2.45) is 0 Å². The smallest absolute Gasteiger partial charge is 0.171 e. The lowest BCUT2D eigenvalue weighted by Crippen LogP contribution is -1.96. The van der Waals surface area contributed by atoms with Crippen LogP contribution in [0.2, 0.25) is 9.49 Å². The molecule has 17 heavy (non-hydrogen) atoms. The zero-order valence-electron chi connectivity index (χ0n) is 8.71. The van der Waals surface area contributed by atoms with Gasteiger partial charge in [-0.1, -0.05) is 23.2 Å². The zero-order chi connectivity index (χ0) is 12.4. The molecule has 3 nitrogen and oxygen atoms in total. The third-order valence-corrected chi connectivity index (χ3v) is 4.57. The molecule has 0 aliphatic rings. The number of rotatable bonds is 3. The van der Waals surface area contributed by atoms with Gasteiger partial charge in [0.1, 0.15) is 9.49 Å². The highest BCUT2D eigenvalue weighted by Crippen LogP contribution is 2.36. The molecule has 0 bridgehead atoms. The average molecular weight is 354 g/mol. The molecule has 7 heteroatoms. The van der Waals surface area contributed by atoms with E-state index in [1.54, 1.807) is 13.2 Å². The highest BCUT2D eigenvalue weighted by atomic mass is 79.9. The summed E-state index contributed by atoms with van der Waals surface area (Å²) in [7, 11) is 1.61. The summed E-state index contributed by atoms with van der Waals surface area (Å²) in [5, 5.41) is 0.391. The monoisotopic (exact) mass is 352 g/mol. The molecule has 0 aliphatic heterocycles. The fraction of sp³-hybridized carbons (Fsp3) is 0.200. The number of hydrogen-bond donors (Lipinski definition) is 0. The van der Waals surface area contributed by atoms with Crippen LogP contribution in [-0.2, 0) is 11.3 Å². The summed E-state index contributed by atoms with van der Waals surface area (Å²) in [5.41, 5.74) is 0.739. The van der Waals surface area contributed by atoms with Crippen molar-refractivity contribution < 1.29 is 4.74 Å². The number of halogens is 3. The molecule has 0 atom stereocenters. The maximum absolute atomic E-state index is 5.98. The van der Waals surface area contributed by atoms with E-state index < -0.39 is 0 Å². The Morgan fingerprint density at radius 1 is 1.35 bits per heavy atom. The minimum Gasteiger partial charge on any atom is -0.378 e. The first-order valence-corrected chi connectivity index (χ1v) is 6.94. The minimum atomic E-state index is 0.391. The van der Waals surface area contributed by atoms with Crippen LogP contribution < -0.4 is 0 Å². The summed E-state index contributed by atoms with van der Waals surface area (Å²) in [4.78, 5) is 9.39. The Hall–Kier alpha value is -0.200. The van der Waals surface area contributed by atoms with Crippen molar-refractivity contribution in [2.75, 3.05) is 7.11 Å². The van der Waals surface area contributed by atoms with Crippen molar-refractivity contribution in [1.82, 2.24) is 9.97 Å². The predicted octanol–water partition coefficient (Wildman–Crippen LogP) is 4.42. The molecule has 0 aliphatic carbocycles. The summed E-state index contributed by atoms with van der Waals surface area (Å²) in [6, 6.07) is 3.55. The second-order valence-corrected chi connectivity index (χ2v) is 6.07. The molecule has 0 saturated heterocycles. The van der Waals surface area contributed by atoms with Crippen LogP contribution >= 0.6 is 50.5 Å². The Balaban J connectivity index is 2.44. The number of thiophene rings is 1. The second kappa shape index (κ2) is 5.63. The van der Waals surface area contributed by atoms with Gasteiger partial charge in [-0.15, -0.1) is 11.3 Å². The van der Waals surface area contributed by atoms with E-state index in [4.69, 9.17) is 27.9 Å². The largest absolute Gasteiger partial charge is 0.378 e. The third-order valence-electron chi connectivity index (χ3n) is 1.91. The van der Waals surface area contributed by atoms with Gasteiger partial charge < -0.3 is 4.74 Å². The summed E-state index contributed by atoms with van der Waals surface area (Å²) in [6.45, 7) is 0.398. The molecule has 0 spiro atoms. The molecule has 2 heterocycles. The molecular weight excluding hydrogens is 347 g/mol. The topological polar surface area (TPSA) is 35.0 Å². The van der Waals surface area contributed by atoms with Gasteiger partial charge in [0.15, 0.2) is 5.82 Å². The Morgan fingerprint density at radius 2 is 2.12 bits per heavy atom. The lowest BCUT2D eigenvalue weighted by molar-refractivity contribution is 0.181. The fourth-order valence-corrected chi connectivity index (χ4v) is 3.10. The summed E-state index contributed by atoms with van der Waals surface area (Å²) < 4.78 is 6.52. The van der Waals surface area contributed by atoms with Gasteiger partial charge in [0.05, 0.1) is 17.2 Å². The molecule has 2 rings (SSSR count). The lowest BCUT2D eigenvalue weighted by Gasteiger charge is -2.02. The first-order chi connectivity index (χ1) is 8.10. The van der Waals surface area contributed by atoms with Crippen LogP contribution in [0.5, 0.6) is 0 Å². The van der Waals surface area contributed by atoms with E-state index in [2.05, 4.69) is 25.9 Å². The van der Waals surface area contributed by atoms with Gasteiger partial charge >= 0.3 is 0 Å². The molecule has 90 valence electrons. The number of hydrogen-bond acceptors (Lipinski definition) is 4. The lowest BCUT2D eigenvalue weighted by atomic mass is 10.4. The highest BCUT2D eigenvalue weighted by molar-refractivity contribution is 9.10. The van der Waals surface area contributed by atoms with Crippen molar-refractivity contribution in [2.45, 2.75) is 6.61 Å². The molecule has 0 N–H and O–H groups in total. The van der Waals surface area contributed by atoms with Crippen LogP contribution in [0.4, 0.5) is 0 Å². The number of ether oxygens (including phenoxy) is 1. The standard InChI is InChI=1S/C10H7BrCl2N2OS/c1-16-4-5-2-8(12)15-10(14-5)7-3-6(11)9(13)17-7/h2-3H,4H2,1H3. The van der Waals surface area contributed by atoms with Gasteiger partial charge in [-0.05, 0) is 28.1 Å². The second-order valence-electron chi connectivity index (χ2n) is 3.17. The van der Waals surface area contributed by atoms with Gasteiger partial charge in [0.25, 0.3) is 0 Å². The molecule has 0 saturated carbocycles. The SMILES string of the molecule is COCc1cc(Cl)nc(-c2cc(Br)c(Cl)s2)n1. The van der Waals surface area contributed by atoms with E-state index >= 15 is 0 Å². The first-order valence-electron chi connectivity index (χ1n) is 4.57. The van der Waals surface area contributed by atoms with Gasteiger partial charge in [0, 0.05) is 11.6 Å². The van der Waals surface area contributed by atoms with Gasteiger partial charge in [-0.2, -0.15) is 0 Å². The quantitative estimate of drug-likeness (QED) is 0.766. The number of nitrogens with zero attached hydrogens (tertiary/aromatic N) is 2. The van der Waals surface area contributed by atoms with Crippen LogP contribution in [0.1, 0.15) is 5.69 Å². The zero-order valence-corrected chi connectivity index (χ0v) is 12.6. The van der Waals surface area contributed by atoms with E-state index in [9.17, 15) is 0 Å². The minimum absolute atomic E-state index is 0.391. The summed E-state index contributed by atoms with van der Waals surface area (Å²) >= 11 is 16.7. The van der Waals surface area contributed by atoms with Crippen molar-refractivity contribution in [3.05, 3.63) is 31.8 Å². The fourth-order valence-electron chi connectivity index (χ4n) is 1.25. The molecule has 0 fully saturated rings. The molecule has 0 amide bonds. The Morgan fingerprint density at radius 3 is 2.71 bits per heavy atom. The van der Waals surface area contributed by atoms with E-state index in [0.717, 1.165) is 15.0 Å². The van der Waals surface area contributed by atoms with Crippen LogP contribution in [0.3, 0.4) is 0 Å². The molecule has 2 aromatic heterocycles. The van der Waals surface area contributed by atoms with Crippen LogP contribution in [0.15, 0.2) is 16.6 Å². The summed E-state index contributed by atoms with van der Waals surface area (Å²) in [6.07, 6.45) is 0. The Labute approximate surface area is 121 Å². The van der Waals surface area contributed by atoms with Crippen molar-refractivity contribution in [1.29, 1.82) is 0 Å². The first kappa shape index (κ1) is 13.2. The molecule has 0 radical (unpaired) electrons. The number of aromatic nitrogens is 2. The maximum atomic E-state index is 5.98. The van der Waals surface area contributed by atoms with E-state index in [1.807, 2.05) is 6.07 Å². The Bertz CT molecular complexity index is 528. The Kier molecular flexibility index (Phi) is 4.38. The molecule has 2 aromatic rings. The normalized spacial score (nSPS) is 10.8. The van der Waals surface area contributed by atoms with Crippen molar-refractivity contribution >= 4 is 50.5 Å². The van der Waals surface area contributed by atoms with Crippen LogP contribution in [-0.4, -0.2) is 17.1 Å². The van der Waals surface area contributed by atoms with E-state index in [0.29, 0.717) is 21.9 Å². The molecule has 0 aromatic carbocycles. The van der Waals surface area contributed by atoms with Crippen molar-refractivity contribution in [3.63, 3.8) is 0 Å². The predicted molar refractivity (Wildman–Crippen MR) is 73.8 cm³/mol. The van der Waals surface area contributed by atoms with Crippen molar-refractivity contribution in [3.8, 4) is 10.7 Å². The van der Waals surface area contributed by atoms with Crippen LogP contribution in [0, 0.1) is 0 Å². The van der Waals surface area contributed by atoms with Gasteiger partial charge in [-0.25, -0.2) is 9.97 Å². The van der Waals surface area contributed by atoms with Gasteiger partial charge in [0.2, 0.25) is 0 Å². The van der Waals surface area contributed by atoms with Gasteiger partial charge in [-0.3, -0.25) is 0 Å². The van der Waals surface area contributed by atoms with E-state index in [1.165, 1.54) is 11.3 Å². The van der Waals surface area contributed by atoms with Crippen LogP contribution in [0.25, 0.3) is 10.7 Å².